The largest absolute Gasteiger partial charge is 0.489 e. The van der Waals surface area contributed by atoms with Crippen LogP contribution in [0.15, 0.2) is 78.1 Å². The average Bonchev–Trinajstić information content (AvgIpc) is 3.98. The molecule has 4 fully saturated rings. The second kappa shape index (κ2) is 17.1. The Labute approximate surface area is 384 Å². The summed E-state index contributed by atoms with van der Waals surface area (Å²) in [5, 5.41) is 26.0. The van der Waals surface area contributed by atoms with E-state index in [4.69, 9.17) is 9.47 Å². The molecule has 10 rings (SSSR count). The number of carbonyl (C=O) groups excluding carboxylic acids is 1. The maximum atomic E-state index is 14.1. The lowest BCUT2D eigenvalue weighted by molar-refractivity contribution is -0.389. The molecule has 2 aliphatic carbocycles. The summed E-state index contributed by atoms with van der Waals surface area (Å²) in [7, 11) is -4.77. The number of nitrogens with zero attached hydrogens (tertiary/aromatic N) is 5. The molecule has 3 aromatic heterocycles. The molecule has 4 N–H and O–H groups in total. The number of fused-ring (bicyclic) bond motifs is 2. The lowest BCUT2D eigenvalue weighted by Crippen LogP contribution is -2.54. The number of nitro groups is 1. The topological polar surface area (TPSA) is 205 Å². The molecule has 66 heavy (non-hydrogen) atoms. The van der Waals surface area contributed by atoms with Crippen molar-refractivity contribution in [3.05, 3.63) is 99.9 Å². The molecule has 2 saturated heterocycles. The van der Waals surface area contributed by atoms with E-state index in [2.05, 4.69) is 72.9 Å². The van der Waals surface area contributed by atoms with Crippen LogP contribution in [0, 0.1) is 21.4 Å². The van der Waals surface area contributed by atoms with E-state index in [1.807, 2.05) is 6.07 Å². The number of aromatic amines is 1. The first-order valence-electron chi connectivity index (χ1n) is 23.4. The van der Waals surface area contributed by atoms with Gasteiger partial charge in [0.2, 0.25) is 0 Å². The molecular weight excluding hydrogens is 861 g/mol. The van der Waals surface area contributed by atoms with Crippen LogP contribution in [-0.2, 0) is 10.0 Å². The second-order valence-electron chi connectivity index (χ2n) is 19.8. The van der Waals surface area contributed by atoms with Gasteiger partial charge in [0.05, 0.1) is 23.4 Å². The van der Waals surface area contributed by atoms with E-state index in [1.165, 1.54) is 43.0 Å². The van der Waals surface area contributed by atoms with E-state index < -0.39 is 37.3 Å². The van der Waals surface area contributed by atoms with Crippen LogP contribution in [0.2, 0.25) is 0 Å². The van der Waals surface area contributed by atoms with Crippen molar-refractivity contribution in [1.82, 2.24) is 24.6 Å². The van der Waals surface area contributed by atoms with Crippen molar-refractivity contribution in [2.24, 2.45) is 11.3 Å². The second-order valence-corrected chi connectivity index (χ2v) is 21.5. The number of nitrogens with one attached hydrogen (secondary N) is 3. The minimum Gasteiger partial charge on any atom is -0.489 e. The maximum absolute atomic E-state index is 14.1. The number of likely N-dealkylation sites (tertiary alicyclic amines) is 1. The molecule has 5 aliphatic rings. The van der Waals surface area contributed by atoms with Crippen molar-refractivity contribution in [2.75, 3.05) is 36.5 Å². The first-order chi connectivity index (χ1) is 31.6. The van der Waals surface area contributed by atoms with Crippen molar-refractivity contribution in [1.29, 1.82) is 0 Å². The number of benzene rings is 2. The van der Waals surface area contributed by atoms with Crippen LogP contribution in [0.3, 0.4) is 0 Å². The quantitative estimate of drug-likeness (QED) is 0.0725. The Hall–Kier alpha value is -5.78. The van der Waals surface area contributed by atoms with E-state index in [-0.39, 0.29) is 46.7 Å². The summed E-state index contributed by atoms with van der Waals surface area (Å²) in [6.07, 6.45) is 12.7. The number of sulfonamides is 1. The monoisotopic (exact) mass is 918 g/mol. The summed E-state index contributed by atoms with van der Waals surface area (Å²) in [6.45, 7) is 9.29. The molecule has 3 aliphatic heterocycles. The van der Waals surface area contributed by atoms with Crippen LogP contribution in [0.4, 0.5) is 17.2 Å². The number of carbonyl (C=O) groups is 1. The highest BCUT2D eigenvalue weighted by Gasteiger charge is 2.50. The van der Waals surface area contributed by atoms with Crippen LogP contribution in [-0.4, -0.2) is 88.1 Å². The zero-order valence-corrected chi connectivity index (χ0v) is 38.5. The number of aliphatic hydroxyl groups is 1. The minimum absolute atomic E-state index is 0.0256. The number of hydrogen-bond acceptors (Lipinski definition) is 13. The fourth-order valence-electron chi connectivity index (χ4n) is 11.4. The summed E-state index contributed by atoms with van der Waals surface area (Å²) in [5.41, 5.74) is 3.88. The molecule has 2 aromatic carbocycles. The lowest BCUT2D eigenvalue weighted by atomic mass is 9.59. The third kappa shape index (κ3) is 8.56. The Bertz CT molecular complexity index is 2770. The van der Waals surface area contributed by atoms with E-state index in [0.717, 1.165) is 49.6 Å². The highest BCUT2D eigenvalue weighted by atomic mass is 32.2. The number of amides is 1. The molecular formula is C49H58N8O8S. The summed E-state index contributed by atoms with van der Waals surface area (Å²) in [4.78, 5) is 42.1. The molecule has 2 saturated carbocycles. The lowest BCUT2D eigenvalue weighted by Gasteiger charge is -2.56. The molecule has 348 valence electrons. The number of pyridine rings is 2. The third-order valence-corrected chi connectivity index (χ3v) is 16.3. The van der Waals surface area contributed by atoms with Gasteiger partial charge < -0.3 is 39.9 Å². The highest BCUT2D eigenvalue weighted by Crippen LogP contribution is 2.54. The molecule has 1 amide bonds. The number of ether oxygens (including phenoxy) is 2. The Kier molecular flexibility index (Phi) is 11.4. The molecule has 0 radical (unpaired) electrons. The molecule has 0 unspecified atom stereocenters. The van der Waals surface area contributed by atoms with Crippen LogP contribution in [0.5, 0.6) is 17.2 Å². The number of hydrogen-bond donors (Lipinski definition) is 4. The number of H-pyrrole nitrogens is 1. The Morgan fingerprint density at radius 1 is 1.03 bits per heavy atom. The average molecular weight is 919 g/mol. The smallest absolute Gasteiger partial charge is 0.392 e. The normalized spacial score (nSPS) is 24.4. The van der Waals surface area contributed by atoms with Gasteiger partial charge in [-0.05, 0) is 140 Å². The van der Waals surface area contributed by atoms with Gasteiger partial charge >= 0.3 is 15.8 Å². The third-order valence-electron chi connectivity index (χ3n) is 15.1. The van der Waals surface area contributed by atoms with Crippen LogP contribution in [0.25, 0.3) is 11.0 Å². The standard InChI is InChI=1S/C49H58N8O8S/c1-30(2)36-7-4-5-8-37(36)40-9-6-20-56(40)34-26-49(27-34)17-21-55(22-18-49)33-10-11-38(41(24-33)65-35-23-32-14-19-50-45(32)51-28-35)47(58)54-66(62,63)43-25-42-44(46(53-43)57(60)61)52-39(29-64-42)31-12-15-48(3,59)16-13-31/h4-5,7-8,10-11,14,19,23-25,28,30-31,34,39-40,52,59H,6,9,12-13,15-18,20-22,26-27,29H2,1-3H3,(H,50,51)(H,54,58)/t31?,39-,40-,48?/m1/s1. The number of anilines is 2. The molecule has 5 aromatic rings. The Morgan fingerprint density at radius 3 is 2.56 bits per heavy atom. The van der Waals surface area contributed by atoms with Gasteiger partial charge in [-0.1, -0.05) is 38.1 Å². The predicted molar refractivity (Wildman–Crippen MR) is 250 cm³/mol. The zero-order chi connectivity index (χ0) is 46.0. The van der Waals surface area contributed by atoms with Gasteiger partial charge in [0.1, 0.15) is 23.8 Å². The fraction of sp³-hybridized carbons (Fsp3) is 0.490. The first-order valence-corrected chi connectivity index (χ1v) is 24.9. The number of aromatic nitrogens is 3. The van der Waals surface area contributed by atoms with Crippen molar-refractivity contribution >= 4 is 44.2 Å². The van der Waals surface area contributed by atoms with Gasteiger partial charge in [-0.3, -0.25) is 9.69 Å². The van der Waals surface area contributed by atoms with Gasteiger partial charge in [-0.2, -0.15) is 8.42 Å². The van der Waals surface area contributed by atoms with Crippen molar-refractivity contribution in [3.63, 3.8) is 0 Å². The van der Waals surface area contributed by atoms with E-state index >= 15 is 0 Å². The van der Waals surface area contributed by atoms with Crippen molar-refractivity contribution < 1.29 is 32.7 Å². The van der Waals surface area contributed by atoms with Crippen LogP contribution in [0.1, 0.15) is 118 Å². The molecule has 0 bridgehead atoms. The SMILES string of the molecule is CC(C)c1ccccc1[C@H]1CCCN1C1CC2(CCN(c3ccc(C(=O)NS(=O)(=O)c4cc5c(c([N+](=O)[O-])n4)N[C@@H](C4CCC(C)(O)CC4)CO5)c(Oc4cnc5[nH]ccc5c4)c3)CC2)C1. The van der Waals surface area contributed by atoms with Crippen molar-refractivity contribution in [3.8, 4) is 17.2 Å². The summed E-state index contributed by atoms with van der Waals surface area (Å²) in [6, 6.07) is 19.5. The Balaban J connectivity index is 0.855. The first kappa shape index (κ1) is 44.1. The van der Waals surface area contributed by atoms with Gasteiger partial charge in [-0.25, -0.2) is 9.71 Å². The number of piperidine rings is 1. The summed E-state index contributed by atoms with van der Waals surface area (Å²) < 4.78 is 42.2. The van der Waals surface area contributed by atoms with Crippen LogP contribution < -0.4 is 24.4 Å². The van der Waals surface area contributed by atoms with Crippen molar-refractivity contribution in [2.45, 2.75) is 120 Å². The van der Waals surface area contributed by atoms with Gasteiger partial charge in [0.15, 0.2) is 11.4 Å². The minimum atomic E-state index is -4.77. The highest BCUT2D eigenvalue weighted by molar-refractivity contribution is 7.90. The maximum Gasteiger partial charge on any atom is 0.392 e. The van der Waals surface area contributed by atoms with Crippen LogP contribution >= 0.6 is 0 Å². The number of rotatable bonds is 11. The predicted octanol–water partition coefficient (Wildman–Crippen LogP) is 8.60. The Morgan fingerprint density at radius 2 is 1.80 bits per heavy atom. The summed E-state index contributed by atoms with van der Waals surface area (Å²) in [5.74, 6) is -0.759. The summed E-state index contributed by atoms with van der Waals surface area (Å²) >= 11 is 0. The van der Waals surface area contributed by atoms with Gasteiger partial charge in [-0.15, -0.1) is 0 Å². The molecule has 16 nitrogen and oxygen atoms in total. The van der Waals surface area contributed by atoms with Gasteiger partial charge in [0.25, 0.3) is 10.9 Å². The van der Waals surface area contributed by atoms with E-state index in [0.29, 0.717) is 55.1 Å². The molecule has 17 heteroatoms. The molecule has 1 spiro atoms. The molecule has 6 heterocycles. The van der Waals surface area contributed by atoms with E-state index in [9.17, 15) is 28.4 Å². The zero-order valence-electron chi connectivity index (χ0n) is 37.7. The fourth-order valence-corrected chi connectivity index (χ4v) is 12.3. The molecule has 2 atom stereocenters. The van der Waals surface area contributed by atoms with E-state index in [1.54, 1.807) is 37.4 Å². The van der Waals surface area contributed by atoms with Gasteiger partial charge in [0, 0.05) is 54.6 Å².